The van der Waals surface area contributed by atoms with Gasteiger partial charge in [0.05, 0.1) is 0 Å². The second-order valence-electron chi connectivity index (χ2n) is 3.04. The van der Waals surface area contributed by atoms with E-state index in [1.807, 2.05) is 0 Å². The molecule has 0 aromatic heterocycles. The molecule has 0 aromatic carbocycles. The zero-order valence-electron chi connectivity index (χ0n) is 6.24. The Hall–Kier alpha value is -1.01. The number of piperidine rings is 1. The maximum atomic E-state index is 11.3. The van der Waals surface area contributed by atoms with Crippen molar-refractivity contribution < 1.29 is 4.79 Å². The zero-order valence-corrected chi connectivity index (χ0v) is 6.24. The van der Waals surface area contributed by atoms with Gasteiger partial charge in [-0.2, -0.15) is 0 Å². The lowest BCUT2D eigenvalue weighted by molar-refractivity contribution is -0.127. The standard InChI is InChI=1S/C8H10N2O/c11-7-8(3-6-10-7)1-4-9-5-2-8/h9H,1-2,4-5H2,(H,10,11). The molecule has 1 amide bonds. The van der Waals surface area contributed by atoms with Gasteiger partial charge in [0.1, 0.15) is 5.41 Å². The molecule has 2 aliphatic heterocycles. The van der Waals surface area contributed by atoms with Gasteiger partial charge in [-0.15, -0.1) is 0 Å². The van der Waals surface area contributed by atoms with Crippen LogP contribution in [0.5, 0.6) is 0 Å². The highest BCUT2D eigenvalue weighted by Gasteiger charge is 2.40. The van der Waals surface area contributed by atoms with E-state index in [9.17, 15) is 4.79 Å². The number of carbonyl (C=O) groups excluding carboxylic acids is 1. The van der Waals surface area contributed by atoms with E-state index < -0.39 is 0 Å². The van der Waals surface area contributed by atoms with Crippen LogP contribution in [0.2, 0.25) is 0 Å². The van der Waals surface area contributed by atoms with E-state index in [1.165, 1.54) is 0 Å². The Labute approximate surface area is 65.5 Å². The largest absolute Gasteiger partial charge is 0.317 e. The molecule has 0 atom stereocenters. The molecule has 2 N–H and O–H groups in total. The first-order valence-corrected chi connectivity index (χ1v) is 3.87. The van der Waals surface area contributed by atoms with Gasteiger partial charge in [-0.25, -0.2) is 0 Å². The topological polar surface area (TPSA) is 41.1 Å². The third-order valence-electron chi connectivity index (χ3n) is 2.37. The number of nitrogens with one attached hydrogen (secondary N) is 2. The summed E-state index contributed by atoms with van der Waals surface area (Å²) >= 11 is 0. The maximum Gasteiger partial charge on any atom is 0.249 e. The Bertz CT molecular complexity index is 243. The second-order valence-corrected chi connectivity index (χ2v) is 3.04. The monoisotopic (exact) mass is 150 g/mol. The Morgan fingerprint density at radius 2 is 2.09 bits per heavy atom. The highest BCUT2D eigenvalue weighted by Crippen LogP contribution is 2.29. The van der Waals surface area contributed by atoms with Crippen LogP contribution >= 0.6 is 0 Å². The quantitative estimate of drug-likeness (QED) is 0.455. The van der Waals surface area contributed by atoms with Crippen molar-refractivity contribution in [1.82, 2.24) is 10.6 Å². The van der Waals surface area contributed by atoms with Crippen LogP contribution < -0.4 is 10.6 Å². The van der Waals surface area contributed by atoms with E-state index in [1.54, 1.807) is 0 Å². The van der Waals surface area contributed by atoms with Crippen LogP contribution in [-0.4, -0.2) is 19.0 Å². The van der Waals surface area contributed by atoms with Gasteiger partial charge in [0.25, 0.3) is 0 Å². The van der Waals surface area contributed by atoms with Crippen LogP contribution in [0.15, 0.2) is 0 Å². The van der Waals surface area contributed by atoms with E-state index in [2.05, 4.69) is 22.6 Å². The molecule has 0 radical (unpaired) electrons. The van der Waals surface area contributed by atoms with Crippen molar-refractivity contribution in [3.05, 3.63) is 0 Å². The molecule has 2 heterocycles. The molecule has 3 nitrogen and oxygen atoms in total. The lowest BCUT2D eigenvalue weighted by atomic mass is 9.80. The molecule has 0 aromatic rings. The van der Waals surface area contributed by atoms with Gasteiger partial charge in [-0.05, 0) is 25.9 Å². The number of amides is 1. The Morgan fingerprint density at radius 3 is 2.64 bits per heavy atom. The molecule has 11 heavy (non-hydrogen) atoms. The summed E-state index contributed by atoms with van der Waals surface area (Å²) in [5.74, 6) is 3.04. The van der Waals surface area contributed by atoms with Crippen LogP contribution in [0.3, 0.4) is 0 Å². The first-order valence-electron chi connectivity index (χ1n) is 3.87. The summed E-state index contributed by atoms with van der Waals surface area (Å²) in [5, 5.41) is 5.76. The van der Waals surface area contributed by atoms with E-state index in [-0.39, 0.29) is 11.3 Å². The van der Waals surface area contributed by atoms with Crippen LogP contribution in [0, 0.1) is 17.4 Å². The molecular formula is C8H10N2O. The van der Waals surface area contributed by atoms with Crippen molar-refractivity contribution in [3.63, 3.8) is 0 Å². The van der Waals surface area contributed by atoms with Crippen molar-refractivity contribution in [1.29, 1.82) is 0 Å². The molecule has 1 saturated heterocycles. The van der Waals surface area contributed by atoms with Gasteiger partial charge in [-0.3, -0.25) is 10.1 Å². The molecular weight excluding hydrogens is 140 g/mol. The first-order chi connectivity index (χ1) is 5.33. The second kappa shape index (κ2) is 2.24. The summed E-state index contributed by atoms with van der Waals surface area (Å²) in [4.78, 5) is 11.3. The normalized spacial score (nSPS) is 26.0. The summed E-state index contributed by atoms with van der Waals surface area (Å²) in [7, 11) is 0. The molecule has 2 rings (SSSR count). The van der Waals surface area contributed by atoms with Crippen molar-refractivity contribution in [2.75, 3.05) is 13.1 Å². The van der Waals surface area contributed by atoms with Gasteiger partial charge >= 0.3 is 0 Å². The van der Waals surface area contributed by atoms with E-state index >= 15 is 0 Å². The molecule has 58 valence electrons. The summed E-state index contributed by atoms with van der Waals surface area (Å²) in [6.45, 7) is 1.81. The minimum atomic E-state index is -0.342. The molecule has 0 aliphatic carbocycles. The molecule has 0 saturated carbocycles. The van der Waals surface area contributed by atoms with Crippen molar-refractivity contribution in [2.45, 2.75) is 12.8 Å². The summed E-state index contributed by atoms with van der Waals surface area (Å²) in [6.07, 6.45) is 1.71. The minimum absolute atomic E-state index is 0.0685. The van der Waals surface area contributed by atoms with Crippen molar-refractivity contribution in [3.8, 4) is 12.0 Å². The Morgan fingerprint density at radius 1 is 1.36 bits per heavy atom. The average molecular weight is 150 g/mol. The zero-order chi connectivity index (χ0) is 7.73. The van der Waals surface area contributed by atoms with Gasteiger partial charge in [-0.1, -0.05) is 5.92 Å². The lowest BCUT2D eigenvalue weighted by Crippen LogP contribution is -2.42. The molecule has 1 spiro atoms. The fraction of sp³-hybridized carbons (Fsp3) is 0.625. The summed E-state index contributed by atoms with van der Waals surface area (Å²) in [5.41, 5.74) is -0.342. The van der Waals surface area contributed by atoms with E-state index in [0.29, 0.717) is 0 Å². The molecule has 3 heteroatoms. The minimum Gasteiger partial charge on any atom is -0.317 e. The summed E-state index contributed by atoms with van der Waals surface area (Å²) < 4.78 is 0. The predicted octanol–water partition coefficient (Wildman–Crippen LogP) is -0.553. The maximum absolute atomic E-state index is 11.3. The average Bonchev–Trinajstić information content (AvgIpc) is 2.36. The number of rotatable bonds is 0. The van der Waals surface area contributed by atoms with Gasteiger partial charge in [0.15, 0.2) is 0 Å². The van der Waals surface area contributed by atoms with Crippen LogP contribution in [0.1, 0.15) is 12.8 Å². The third kappa shape index (κ3) is 0.908. The molecule has 1 fully saturated rings. The molecule has 2 aliphatic rings. The lowest BCUT2D eigenvalue weighted by Gasteiger charge is -2.27. The summed E-state index contributed by atoms with van der Waals surface area (Å²) in [6, 6.07) is 2.66. The smallest absolute Gasteiger partial charge is 0.249 e. The number of hydrogen-bond acceptors (Lipinski definition) is 2. The van der Waals surface area contributed by atoms with Crippen LogP contribution in [0.4, 0.5) is 0 Å². The van der Waals surface area contributed by atoms with Crippen LogP contribution in [0.25, 0.3) is 0 Å². The number of carbonyl (C=O) groups is 1. The highest BCUT2D eigenvalue weighted by molar-refractivity contribution is 5.90. The predicted molar refractivity (Wildman–Crippen MR) is 40.5 cm³/mol. The Balaban J connectivity index is 2.21. The highest BCUT2D eigenvalue weighted by atomic mass is 16.2. The SMILES string of the molecule is O=C1NC#CC12CCNCC2. The van der Waals surface area contributed by atoms with Gasteiger partial charge in [0.2, 0.25) is 5.91 Å². The third-order valence-corrected chi connectivity index (χ3v) is 2.37. The molecule has 0 bridgehead atoms. The fourth-order valence-electron chi connectivity index (χ4n) is 1.59. The fourth-order valence-corrected chi connectivity index (χ4v) is 1.59. The van der Waals surface area contributed by atoms with Crippen molar-refractivity contribution >= 4 is 5.91 Å². The number of hydrogen-bond donors (Lipinski definition) is 2. The van der Waals surface area contributed by atoms with Crippen LogP contribution in [-0.2, 0) is 4.79 Å². The molecule has 0 unspecified atom stereocenters. The van der Waals surface area contributed by atoms with Gasteiger partial charge in [0, 0.05) is 6.04 Å². The van der Waals surface area contributed by atoms with Gasteiger partial charge < -0.3 is 5.32 Å². The Kier molecular flexibility index (Phi) is 1.36. The van der Waals surface area contributed by atoms with E-state index in [4.69, 9.17) is 0 Å². The van der Waals surface area contributed by atoms with E-state index in [0.717, 1.165) is 25.9 Å². The first kappa shape index (κ1) is 6.68. The van der Waals surface area contributed by atoms with Crippen molar-refractivity contribution in [2.24, 2.45) is 5.41 Å².